The van der Waals surface area contributed by atoms with Gasteiger partial charge in [0.05, 0.1) is 13.7 Å². The molecule has 3 aromatic rings. The molecule has 0 radical (unpaired) electrons. The van der Waals surface area contributed by atoms with Gasteiger partial charge in [0.15, 0.2) is 0 Å². The van der Waals surface area contributed by atoms with Crippen molar-refractivity contribution in [3.63, 3.8) is 0 Å². The van der Waals surface area contributed by atoms with E-state index >= 15 is 0 Å². The number of anilines is 2. The zero-order valence-electron chi connectivity index (χ0n) is 15.5. The van der Waals surface area contributed by atoms with Crippen LogP contribution in [0.2, 0.25) is 0 Å². The fourth-order valence-corrected chi connectivity index (χ4v) is 2.54. The minimum Gasteiger partial charge on any atom is -0.497 e. The molecule has 1 heterocycles. The number of ether oxygens (including phenoxy) is 2. The minimum absolute atomic E-state index is 0.0863. The predicted octanol–water partition coefficient (Wildman–Crippen LogP) is 3.28. The lowest BCUT2D eigenvalue weighted by molar-refractivity contribution is 0.262. The molecule has 8 heteroatoms. The van der Waals surface area contributed by atoms with Crippen LogP contribution in [0.15, 0.2) is 65.7 Å². The Bertz CT molecular complexity index is 1020. The lowest BCUT2D eigenvalue weighted by Crippen LogP contribution is -2.28. The molecule has 0 atom stereocenters. The number of urea groups is 1. The first-order chi connectivity index (χ1) is 13.6. The number of nitrogens with one attached hydrogen (secondary N) is 2. The zero-order chi connectivity index (χ0) is 19.9. The summed E-state index contributed by atoms with van der Waals surface area (Å²) < 4.78 is 11.9. The van der Waals surface area contributed by atoms with E-state index in [9.17, 15) is 9.59 Å². The van der Waals surface area contributed by atoms with Crippen LogP contribution in [0.5, 0.6) is 11.5 Å². The Balaban J connectivity index is 1.77. The molecule has 28 heavy (non-hydrogen) atoms. The Morgan fingerprint density at radius 1 is 1.11 bits per heavy atom. The van der Waals surface area contributed by atoms with E-state index in [2.05, 4.69) is 15.6 Å². The normalized spacial score (nSPS) is 10.2. The second-order valence-electron chi connectivity index (χ2n) is 5.69. The first-order valence-corrected chi connectivity index (χ1v) is 8.63. The fourth-order valence-electron chi connectivity index (χ4n) is 2.54. The summed E-state index contributed by atoms with van der Waals surface area (Å²) in [6, 6.07) is 13.4. The van der Waals surface area contributed by atoms with Crippen LogP contribution in [0.4, 0.5) is 16.3 Å². The van der Waals surface area contributed by atoms with Crippen molar-refractivity contribution in [2.24, 2.45) is 0 Å². The molecule has 144 valence electrons. The van der Waals surface area contributed by atoms with Crippen molar-refractivity contribution < 1.29 is 14.3 Å². The number of hydrogen-bond acceptors (Lipinski definition) is 5. The molecule has 0 unspecified atom stereocenters. The summed E-state index contributed by atoms with van der Waals surface area (Å²) in [5.74, 6) is 1.23. The van der Waals surface area contributed by atoms with Gasteiger partial charge >= 0.3 is 6.03 Å². The van der Waals surface area contributed by atoms with Gasteiger partial charge in [-0.25, -0.2) is 9.78 Å². The van der Waals surface area contributed by atoms with Gasteiger partial charge in [0.25, 0.3) is 5.56 Å². The van der Waals surface area contributed by atoms with Gasteiger partial charge in [-0.15, -0.1) is 0 Å². The third-order valence-corrected chi connectivity index (χ3v) is 3.83. The number of carbonyl (C=O) groups excluding carboxylic acids is 1. The lowest BCUT2D eigenvalue weighted by atomic mass is 10.3. The van der Waals surface area contributed by atoms with Gasteiger partial charge in [-0.1, -0.05) is 6.07 Å². The van der Waals surface area contributed by atoms with Crippen molar-refractivity contribution in [2.45, 2.75) is 6.92 Å². The molecule has 0 aliphatic rings. The highest BCUT2D eigenvalue weighted by atomic mass is 16.5. The second kappa shape index (κ2) is 8.72. The van der Waals surface area contributed by atoms with E-state index in [1.807, 2.05) is 6.92 Å². The van der Waals surface area contributed by atoms with E-state index in [0.29, 0.717) is 29.5 Å². The van der Waals surface area contributed by atoms with Crippen LogP contribution in [0.3, 0.4) is 0 Å². The maximum Gasteiger partial charge on any atom is 0.325 e. The Kier molecular flexibility index (Phi) is 5.91. The lowest BCUT2D eigenvalue weighted by Gasteiger charge is -2.10. The van der Waals surface area contributed by atoms with E-state index < -0.39 is 11.6 Å². The van der Waals surface area contributed by atoms with Crippen LogP contribution in [0, 0.1) is 0 Å². The molecule has 3 rings (SSSR count). The van der Waals surface area contributed by atoms with Crippen molar-refractivity contribution >= 4 is 17.5 Å². The van der Waals surface area contributed by atoms with Gasteiger partial charge in [-0.3, -0.25) is 14.7 Å². The quantitative estimate of drug-likeness (QED) is 0.684. The molecule has 2 N–H and O–H groups in total. The Morgan fingerprint density at radius 3 is 2.61 bits per heavy atom. The van der Waals surface area contributed by atoms with Gasteiger partial charge in [0.2, 0.25) is 5.82 Å². The van der Waals surface area contributed by atoms with Crippen LogP contribution in [-0.2, 0) is 0 Å². The van der Waals surface area contributed by atoms with Crippen LogP contribution in [0.1, 0.15) is 6.92 Å². The molecule has 0 fully saturated rings. The SMILES string of the molecule is CCOc1ccc(-n2ccnc(NC(=O)Nc3cccc(OC)c3)c2=O)cc1. The van der Waals surface area contributed by atoms with Crippen LogP contribution in [-0.4, -0.2) is 29.3 Å². The molecular formula is C20H20N4O4. The second-order valence-corrected chi connectivity index (χ2v) is 5.69. The molecule has 8 nitrogen and oxygen atoms in total. The van der Waals surface area contributed by atoms with Crippen LogP contribution >= 0.6 is 0 Å². The number of aromatic nitrogens is 2. The maximum atomic E-state index is 12.7. The highest BCUT2D eigenvalue weighted by molar-refractivity contribution is 5.99. The Morgan fingerprint density at radius 2 is 1.89 bits per heavy atom. The van der Waals surface area contributed by atoms with E-state index in [-0.39, 0.29) is 5.82 Å². The highest BCUT2D eigenvalue weighted by Crippen LogP contribution is 2.17. The zero-order valence-corrected chi connectivity index (χ0v) is 15.5. The van der Waals surface area contributed by atoms with Gasteiger partial charge in [0, 0.05) is 29.8 Å². The van der Waals surface area contributed by atoms with E-state index in [4.69, 9.17) is 9.47 Å². The Labute approximate surface area is 161 Å². The summed E-state index contributed by atoms with van der Waals surface area (Å²) in [7, 11) is 1.54. The molecule has 0 bridgehead atoms. The van der Waals surface area contributed by atoms with E-state index in [1.54, 1.807) is 48.5 Å². The molecule has 2 amide bonds. The smallest absolute Gasteiger partial charge is 0.325 e. The summed E-state index contributed by atoms with van der Waals surface area (Å²) in [4.78, 5) is 28.9. The number of benzene rings is 2. The van der Waals surface area contributed by atoms with E-state index in [1.165, 1.54) is 24.1 Å². The van der Waals surface area contributed by atoms with Crippen molar-refractivity contribution in [2.75, 3.05) is 24.4 Å². The summed E-state index contributed by atoms with van der Waals surface area (Å²) in [5, 5.41) is 5.12. The van der Waals surface area contributed by atoms with Crippen molar-refractivity contribution in [1.82, 2.24) is 9.55 Å². The molecule has 2 aromatic carbocycles. The number of hydrogen-bond donors (Lipinski definition) is 2. The first kappa shape index (κ1) is 19.0. The molecule has 0 aliphatic carbocycles. The number of amides is 2. The van der Waals surface area contributed by atoms with Gasteiger partial charge in [-0.05, 0) is 43.3 Å². The third-order valence-electron chi connectivity index (χ3n) is 3.83. The molecule has 1 aromatic heterocycles. The largest absolute Gasteiger partial charge is 0.497 e. The minimum atomic E-state index is -0.581. The van der Waals surface area contributed by atoms with Crippen molar-refractivity contribution in [1.29, 1.82) is 0 Å². The van der Waals surface area contributed by atoms with Crippen molar-refractivity contribution in [3.05, 3.63) is 71.3 Å². The van der Waals surface area contributed by atoms with Crippen LogP contribution < -0.4 is 25.7 Å². The summed E-state index contributed by atoms with van der Waals surface area (Å²) >= 11 is 0. The number of nitrogens with zero attached hydrogens (tertiary/aromatic N) is 2. The first-order valence-electron chi connectivity index (χ1n) is 8.63. The molecular weight excluding hydrogens is 360 g/mol. The standard InChI is InChI=1S/C20H20N4O4/c1-3-28-16-9-7-15(8-10-16)24-12-11-21-18(19(24)25)23-20(26)22-14-5-4-6-17(13-14)27-2/h4-13H,3H2,1-2H3,(H2,21,22,23,26). The highest BCUT2D eigenvalue weighted by Gasteiger charge is 2.11. The third kappa shape index (κ3) is 4.47. The average Bonchev–Trinajstić information content (AvgIpc) is 2.71. The number of methoxy groups -OCH3 is 1. The molecule has 0 saturated carbocycles. The van der Waals surface area contributed by atoms with Gasteiger partial charge < -0.3 is 14.8 Å². The fraction of sp³-hybridized carbons (Fsp3) is 0.150. The van der Waals surface area contributed by atoms with Gasteiger partial charge in [-0.2, -0.15) is 0 Å². The molecule has 0 aliphatic heterocycles. The summed E-state index contributed by atoms with van der Waals surface area (Å²) in [5.41, 5.74) is 0.708. The molecule has 0 saturated heterocycles. The maximum absolute atomic E-state index is 12.7. The van der Waals surface area contributed by atoms with Crippen LogP contribution in [0.25, 0.3) is 5.69 Å². The van der Waals surface area contributed by atoms with Gasteiger partial charge in [0.1, 0.15) is 11.5 Å². The van der Waals surface area contributed by atoms with Crippen molar-refractivity contribution in [3.8, 4) is 17.2 Å². The number of rotatable bonds is 6. The molecule has 0 spiro atoms. The topological polar surface area (TPSA) is 94.5 Å². The monoisotopic (exact) mass is 380 g/mol. The number of carbonyl (C=O) groups is 1. The predicted molar refractivity (Wildman–Crippen MR) is 107 cm³/mol. The Hall–Kier alpha value is -3.81. The summed E-state index contributed by atoms with van der Waals surface area (Å²) in [6.07, 6.45) is 2.97. The summed E-state index contributed by atoms with van der Waals surface area (Å²) in [6.45, 7) is 2.46. The average molecular weight is 380 g/mol. The van der Waals surface area contributed by atoms with E-state index in [0.717, 1.165) is 0 Å².